The number of hydrogen-bond acceptors (Lipinski definition) is 4. The highest BCUT2D eigenvalue weighted by Gasteiger charge is 2.13. The topological polar surface area (TPSA) is 65.5 Å². The van der Waals surface area contributed by atoms with E-state index in [-0.39, 0.29) is 6.10 Å². The van der Waals surface area contributed by atoms with Crippen molar-refractivity contribution in [2.45, 2.75) is 39.8 Å². The first-order chi connectivity index (χ1) is 14.0. The molecule has 1 aromatic carbocycles. The van der Waals surface area contributed by atoms with Crippen molar-refractivity contribution >= 4 is 28.2 Å². The van der Waals surface area contributed by atoms with Crippen LogP contribution in [0.15, 0.2) is 34.6 Å². The van der Waals surface area contributed by atoms with Gasteiger partial charge in [-0.25, -0.2) is 4.98 Å². The van der Waals surface area contributed by atoms with Gasteiger partial charge in [0.05, 0.1) is 12.2 Å². The number of nitrogens with zero attached hydrogens (tertiary/aromatic N) is 3. The zero-order valence-corrected chi connectivity index (χ0v) is 18.8. The molecule has 0 amide bonds. The Morgan fingerprint density at radius 2 is 2.17 bits per heavy atom. The molecule has 0 radical (unpaired) electrons. The molecule has 6 nitrogen and oxygen atoms in total. The van der Waals surface area contributed by atoms with Crippen LogP contribution in [0.3, 0.4) is 0 Å². The quantitative estimate of drug-likeness (QED) is 0.427. The number of aromatic amines is 1. The van der Waals surface area contributed by atoms with Crippen LogP contribution in [-0.2, 0) is 17.7 Å². The summed E-state index contributed by atoms with van der Waals surface area (Å²) in [5, 5.41) is 7.79. The van der Waals surface area contributed by atoms with Crippen LogP contribution in [0.5, 0.6) is 0 Å². The summed E-state index contributed by atoms with van der Waals surface area (Å²) in [6, 6.07) is 8.46. The second kappa shape index (κ2) is 9.89. The Hall–Kier alpha value is -2.38. The molecular weight excluding hydrogens is 382 g/mol. The largest absolute Gasteiger partial charge is 0.375 e. The van der Waals surface area contributed by atoms with Gasteiger partial charge in [0.25, 0.3) is 0 Å². The number of para-hydroxylation sites is 1. The van der Waals surface area contributed by atoms with Crippen LogP contribution in [-0.4, -0.2) is 48.1 Å². The Morgan fingerprint density at radius 1 is 1.38 bits per heavy atom. The minimum atomic E-state index is 0.0281. The lowest BCUT2D eigenvalue weighted by Crippen LogP contribution is -2.38. The first-order valence-electron chi connectivity index (χ1n) is 10.1. The molecule has 2 heterocycles. The monoisotopic (exact) mass is 413 g/mol. The molecule has 0 saturated heterocycles. The number of hydrogen-bond donors (Lipinski definition) is 2. The van der Waals surface area contributed by atoms with E-state index in [1.165, 1.54) is 22.2 Å². The number of benzene rings is 1. The minimum Gasteiger partial charge on any atom is -0.375 e. The number of aryl methyl sites for hydroxylation is 1. The van der Waals surface area contributed by atoms with Gasteiger partial charge in [0.2, 0.25) is 0 Å². The van der Waals surface area contributed by atoms with Gasteiger partial charge in [0, 0.05) is 49.2 Å². The summed E-state index contributed by atoms with van der Waals surface area (Å²) in [6.07, 6.45) is 0.936. The molecule has 3 aromatic rings. The molecule has 0 spiro atoms. The van der Waals surface area contributed by atoms with Gasteiger partial charge in [-0.05, 0) is 38.8 Å². The highest BCUT2D eigenvalue weighted by Crippen LogP contribution is 2.23. The van der Waals surface area contributed by atoms with Gasteiger partial charge in [0.15, 0.2) is 5.96 Å². The van der Waals surface area contributed by atoms with Crippen LogP contribution in [0.2, 0.25) is 0 Å². The third-order valence-electron chi connectivity index (χ3n) is 5.02. The van der Waals surface area contributed by atoms with Gasteiger partial charge in [-0.3, -0.25) is 4.99 Å². The van der Waals surface area contributed by atoms with Crippen molar-refractivity contribution < 1.29 is 4.74 Å². The second-order valence-electron chi connectivity index (χ2n) is 7.17. The van der Waals surface area contributed by atoms with Crippen molar-refractivity contribution in [3.05, 3.63) is 51.6 Å². The molecule has 3 rings (SSSR count). The molecule has 2 N–H and O–H groups in total. The Bertz CT molecular complexity index is 961. The number of fused-ring (bicyclic) bond motifs is 1. The summed E-state index contributed by atoms with van der Waals surface area (Å²) in [7, 11) is 3.76. The average molecular weight is 414 g/mol. The normalized spacial score (nSPS) is 13.1. The number of aliphatic imine (C=N–C) groups is 1. The van der Waals surface area contributed by atoms with Crippen molar-refractivity contribution in [3.63, 3.8) is 0 Å². The van der Waals surface area contributed by atoms with Crippen LogP contribution in [0.4, 0.5) is 0 Å². The molecule has 7 heteroatoms. The molecule has 156 valence electrons. The molecule has 0 bridgehead atoms. The Labute approximate surface area is 177 Å². The number of aromatic nitrogens is 2. The summed E-state index contributed by atoms with van der Waals surface area (Å²) in [5.74, 6) is 0.902. The third kappa shape index (κ3) is 5.16. The highest BCUT2D eigenvalue weighted by atomic mass is 32.1. The lowest BCUT2D eigenvalue weighted by molar-refractivity contribution is 0.119. The van der Waals surface area contributed by atoms with Crippen LogP contribution >= 0.6 is 11.3 Å². The predicted molar refractivity (Wildman–Crippen MR) is 122 cm³/mol. The van der Waals surface area contributed by atoms with Gasteiger partial charge < -0.3 is 19.9 Å². The standard InChI is InChI=1S/C22H31N5OS/c1-6-23-22(27(4)13-17-14-29-21(26-17)16(3)28-5)24-12-11-18-15(2)25-20-10-8-7-9-19(18)20/h7-10,14,16,25H,6,11-13H2,1-5H3,(H,23,24). The van der Waals surface area contributed by atoms with E-state index < -0.39 is 0 Å². The number of nitrogens with one attached hydrogen (secondary N) is 2. The molecule has 0 fully saturated rings. The molecular formula is C22H31N5OS. The fraction of sp³-hybridized carbons (Fsp3) is 0.455. The van der Waals surface area contributed by atoms with Crippen LogP contribution < -0.4 is 5.32 Å². The fourth-order valence-corrected chi connectivity index (χ4v) is 4.24. The maximum absolute atomic E-state index is 5.36. The SMILES string of the molecule is CCNC(=NCCc1c(C)[nH]c2ccccc12)N(C)Cc1csc(C(C)OC)n1. The van der Waals surface area contributed by atoms with Gasteiger partial charge in [-0.1, -0.05) is 18.2 Å². The zero-order chi connectivity index (χ0) is 20.8. The zero-order valence-electron chi connectivity index (χ0n) is 18.0. The molecule has 2 aromatic heterocycles. The van der Waals surface area contributed by atoms with E-state index in [4.69, 9.17) is 14.7 Å². The third-order valence-corrected chi connectivity index (χ3v) is 6.07. The summed E-state index contributed by atoms with van der Waals surface area (Å²) in [5.41, 5.74) is 4.80. The van der Waals surface area contributed by atoms with Crippen molar-refractivity contribution in [3.8, 4) is 0 Å². The number of H-pyrrole nitrogens is 1. The number of ether oxygens (including phenoxy) is 1. The lowest BCUT2D eigenvalue weighted by atomic mass is 10.1. The summed E-state index contributed by atoms with van der Waals surface area (Å²) in [4.78, 5) is 15.2. The van der Waals surface area contributed by atoms with Crippen LogP contribution in [0, 0.1) is 6.92 Å². The minimum absolute atomic E-state index is 0.0281. The van der Waals surface area contributed by atoms with Gasteiger partial charge in [0.1, 0.15) is 11.1 Å². The Morgan fingerprint density at radius 3 is 2.93 bits per heavy atom. The highest BCUT2D eigenvalue weighted by molar-refractivity contribution is 7.09. The van der Waals surface area contributed by atoms with E-state index >= 15 is 0 Å². The maximum atomic E-state index is 5.36. The summed E-state index contributed by atoms with van der Waals surface area (Å²) >= 11 is 1.64. The van der Waals surface area contributed by atoms with E-state index in [1.807, 2.05) is 6.92 Å². The van der Waals surface area contributed by atoms with Crippen LogP contribution in [0.1, 0.15) is 41.9 Å². The van der Waals surface area contributed by atoms with Crippen molar-refractivity contribution in [1.29, 1.82) is 0 Å². The van der Waals surface area contributed by atoms with Crippen molar-refractivity contribution in [2.24, 2.45) is 4.99 Å². The first-order valence-corrected chi connectivity index (χ1v) is 10.9. The maximum Gasteiger partial charge on any atom is 0.194 e. The molecule has 0 aliphatic heterocycles. The molecule has 0 saturated carbocycles. The fourth-order valence-electron chi connectivity index (χ4n) is 3.40. The summed E-state index contributed by atoms with van der Waals surface area (Å²) < 4.78 is 5.36. The van der Waals surface area contributed by atoms with E-state index in [0.29, 0.717) is 6.54 Å². The van der Waals surface area contributed by atoms with Crippen molar-refractivity contribution in [1.82, 2.24) is 20.2 Å². The van der Waals surface area contributed by atoms with Gasteiger partial charge >= 0.3 is 0 Å². The lowest BCUT2D eigenvalue weighted by Gasteiger charge is -2.21. The molecule has 29 heavy (non-hydrogen) atoms. The first kappa shape index (κ1) is 21.3. The van der Waals surface area contributed by atoms with Crippen LogP contribution in [0.25, 0.3) is 10.9 Å². The smallest absolute Gasteiger partial charge is 0.194 e. The van der Waals surface area contributed by atoms with Gasteiger partial charge in [-0.2, -0.15) is 0 Å². The predicted octanol–water partition coefficient (Wildman–Crippen LogP) is 4.28. The van der Waals surface area contributed by atoms with E-state index in [9.17, 15) is 0 Å². The molecule has 1 unspecified atom stereocenters. The van der Waals surface area contributed by atoms with E-state index in [2.05, 4.69) is 65.7 Å². The van der Waals surface area contributed by atoms with Crippen molar-refractivity contribution in [2.75, 3.05) is 27.2 Å². The number of methoxy groups -OCH3 is 1. The van der Waals surface area contributed by atoms with Gasteiger partial charge in [-0.15, -0.1) is 11.3 Å². The molecule has 0 aliphatic carbocycles. The number of rotatable bonds is 8. The molecule has 0 aliphatic rings. The average Bonchev–Trinajstić information content (AvgIpc) is 3.31. The van der Waals surface area contributed by atoms with E-state index in [0.717, 1.165) is 36.2 Å². The second-order valence-corrected chi connectivity index (χ2v) is 8.06. The van der Waals surface area contributed by atoms with E-state index in [1.54, 1.807) is 18.4 Å². The molecule has 1 atom stereocenters. The summed E-state index contributed by atoms with van der Waals surface area (Å²) in [6.45, 7) is 8.53. The number of guanidine groups is 1. The number of thiazole rings is 1. The Kier molecular flexibility index (Phi) is 7.28. The Balaban J connectivity index is 1.67.